The molecule has 0 saturated carbocycles. The van der Waals surface area contributed by atoms with Crippen molar-refractivity contribution in [3.63, 3.8) is 0 Å². The summed E-state index contributed by atoms with van der Waals surface area (Å²) in [7, 11) is 0. The number of nitrogens with zero attached hydrogens (tertiary/aromatic N) is 4. The van der Waals surface area contributed by atoms with Crippen molar-refractivity contribution in [1.29, 1.82) is 5.26 Å². The third-order valence-electron chi connectivity index (χ3n) is 4.25. The van der Waals surface area contributed by atoms with Crippen molar-refractivity contribution in [2.75, 3.05) is 0 Å². The zero-order valence-corrected chi connectivity index (χ0v) is 16.7. The summed E-state index contributed by atoms with van der Waals surface area (Å²) in [6.45, 7) is 0.258. The first-order chi connectivity index (χ1) is 13.6. The SMILES string of the molecule is N#CC(c1nc2ccccc2s1)c1cnn(Cc2ccc(Cl)cc2)c(=O)c1Cl. The Labute approximate surface area is 174 Å². The smallest absolute Gasteiger partial charge is 0.266 e. The maximum Gasteiger partial charge on any atom is 0.286 e. The summed E-state index contributed by atoms with van der Waals surface area (Å²) in [5, 5.41) is 15.1. The van der Waals surface area contributed by atoms with E-state index in [1.807, 2.05) is 36.4 Å². The molecule has 0 radical (unpaired) electrons. The molecule has 1 atom stereocenters. The van der Waals surface area contributed by atoms with Gasteiger partial charge in [0, 0.05) is 10.6 Å². The fourth-order valence-corrected chi connectivity index (χ4v) is 4.24. The maximum atomic E-state index is 12.7. The second-order valence-corrected chi connectivity index (χ2v) is 7.96. The number of rotatable bonds is 4. The normalized spacial score (nSPS) is 12.0. The molecule has 0 aliphatic heterocycles. The average molecular weight is 427 g/mol. The molecule has 0 aliphatic rings. The number of fused-ring (bicyclic) bond motifs is 1. The van der Waals surface area contributed by atoms with E-state index >= 15 is 0 Å². The minimum absolute atomic E-state index is 0.0187. The van der Waals surface area contributed by atoms with E-state index in [1.54, 1.807) is 12.1 Å². The minimum atomic E-state index is -0.754. The predicted octanol–water partition coefficient (Wildman–Crippen LogP) is 4.86. The van der Waals surface area contributed by atoms with Gasteiger partial charge in [0.1, 0.15) is 15.9 Å². The van der Waals surface area contributed by atoms with Crippen LogP contribution in [0, 0.1) is 11.3 Å². The summed E-state index contributed by atoms with van der Waals surface area (Å²) < 4.78 is 2.24. The van der Waals surface area contributed by atoms with E-state index in [1.165, 1.54) is 22.2 Å². The van der Waals surface area contributed by atoms with Crippen molar-refractivity contribution in [3.8, 4) is 6.07 Å². The van der Waals surface area contributed by atoms with Crippen LogP contribution in [0.15, 0.2) is 59.5 Å². The molecule has 8 heteroatoms. The van der Waals surface area contributed by atoms with Crippen molar-refractivity contribution in [1.82, 2.24) is 14.8 Å². The van der Waals surface area contributed by atoms with Crippen LogP contribution in [-0.2, 0) is 6.54 Å². The Hall–Kier alpha value is -2.72. The van der Waals surface area contributed by atoms with Gasteiger partial charge < -0.3 is 0 Å². The van der Waals surface area contributed by atoms with Gasteiger partial charge in [-0.1, -0.05) is 47.5 Å². The van der Waals surface area contributed by atoms with Gasteiger partial charge in [0.25, 0.3) is 5.56 Å². The van der Waals surface area contributed by atoms with Gasteiger partial charge in [0.15, 0.2) is 0 Å². The monoisotopic (exact) mass is 426 g/mol. The van der Waals surface area contributed by atoms with Gasteiger partial charge >= 0.3 is 0 Å². The highest BCUT2D eigenvalue weighted by molar-refractivity contribution is 7.18. The van der Waals surface area contributed by atoms with Crippen LogP contribution >= 0.6 is 34.5 Å². The molecule has 138 valence electrons. The topological polar surface area (TPSA) is 71.6 Å². The molecule has 2 aromatic carbocycles. The third-order valence-corrected chi connectivity index (χ3v) is 5.99. The van der Waals surface area contributed by atoms with Crippen LogP contribution in [-0.4, -0.2) is 14.8 Å². The number of hydrogen-bond donors (Lipinski definition) is 0. The second kappa shape index (κ2) is 7.72. The number of nitriles is 1. The number of para-hydroxylation sites is 1. The highest BCUT2D eigenvalue weighted by Gasteiger charge is 2.23. The molecule has 0 bridgehead atoms. The van der Waals surface area contributed by atoms with Crippen LogP contribution in [0.1, 0.15) is 22.1 Å². The Morgan fingerprint density at radius 2 is 1.89 bits per heavy atom. The summed E-state index contributed by atoms with van der Waals surface area (Å²) in [6, 6.07) is 17.0. The number of thiazole rings is 1. The zero-order valence-electron chi connectivity index (χ0n) is 14.3. The zero-order chi connectivity index (χ0) is 19.7. The maximum absolute atomic E-state index is 12.7. The van der Waals surface area contributed by atoms with Crippen molar-refractivity contribution in [2.24, 2.45) is 0 Å². The molecule has 28 heavy (non-hydrogen) atoms. The Morgan fingerprint density at radius 1 is 1.14 bits per heavy atom. The van der Waals surface area contributed by atoms with Crippen molar-refractivity contribution in [2.45, 2.75) is 12.5 Å². The van der Waals surface area contributed by atoms with Gasteiger partial charge in [0.05, 0.1) is 29.0 Å². The fraction of sp³-hybridized carbons (Fsp3) is 0.100. The van der Waals surface area contributed by atoms with E-state index in [9.17, 15) is 10.1 Å². The summed E-state index contributed by atoms with van der Waals surface area (Å²) >= 11 is 13.6. The first kappa shape index (κ1) is 18.6. The fourth-order valence-electron chi connectivity index (χ4n) is 2.83. The third kappa shape index (κ3) is 3.52. The van der Waals surface area contributed by atoms with Gasteiger partial charge in [-0.3, -0.25) is 4.79 Å². The molecule has 0 N–H and O–H groups in total. The van der Waals surface area contributed by atoms with E-state index in [0.717, 1.165) is 15.8 Å². The second-order valence-electron chi connectivity index (χ2n) is 6.09. The first-order valence-corrected chi connectivity index (χ1v) is 9.89. The lowest BCUT2D eigenvalue weighted by atomic mass is 10.0. The Balaban J connectivity index is 1.71. The van der Waals surface area contributed by atoms with Gasteiger partial charge in [-0.2, -0.15) is 10.4 Å². The van der Waals surface area contributed by atoms with Crippen molar-refractivity contribution < 1.29 is 0 Å². The summed E-state index contributed by atoms with van der Waals surface area (Å²) in [5.74, 6) is -0.754. The van der Waals surface area contributed by atoms with Crippen LogP contribution in [0.25, 0.3) is 10.2 Å². The number of aromatic nitrogens is 3. The Morgan fingerprint density at radius 3 is 2.61 bits per heavy atom. The molecule has 4 rings (SSSR count). The predicted molar refractivity (Wildman–Crippen MR) is 111 cm³/mol. The van der Waals surface area contributed by atoms with Crippen LogP contribution in [0.3, 0.4) is 0 Å². The largest absolute Gasteiger partial charge is 0.286 e. The molecule has 1 unspecified atom stereocenters. The van der Waals surface area contributed by atoms with E-state index in [-0.39, 0.29) is 11.6 Å². The molecular weight excluding hydrogens is 415 g/mol. The number of hydrogen-bond acceptors (Lipinski definition) is 5. The molecule has 0 saturated heterocycles. The lowest BCUT2D eigenvalue weighted by Gasteiger charge is -2.11. The lowest BCUT2D eigenvalue weighted by molar-refractivity contribution is 0.633. The summed E-state index contributed by atoms with van der Waals surface area (Å²) in [4.78, 5) is 17.2. The number of benzene rings is 2. The van der Waals surface area contributed by atoms with Crippen molar-refractivity contribution in [3.05, 3.63) is 91.3 Å². The molecule has 2 aromatic heterocycles. The van der Waals surface area contributed by atoms with E-state index in [0.29, 0.717) is 15.6 Å². The van der Waals surface area contributed by atoms with Gasteiger partial charge in [-0.25, -0.2) is 9.67 Å². The molecule has 0 amide bonds. The molecule has 0 spiro atoms. The Kier molecular flexibility index (Phi) is 5.14. The molecule has 0 aliphatic carbocycles. The van der Waals surface area contributed by atoms with Gasteiger partial charge in [0.2, 0.25) is 0 Å². The molecule has 0 fully saturated rings. The molecule has 5 nitrogen and oxygen atoms in total. The molecule has 2 heterocycles. The minimum Gasteiger partial charge on any atom is -0.266 e. The lowest BCUT2D eigenvalue weighted by Crippen LogP contribution is -2.25. The average Bonchev–Trinajstić information content (AvgIpc) is 3.13. The van der Waals surface area contributed by atoms with Crippen LogP contribution in [0.5, 0.6) is 0 Å². The van der Waals surface area contributed by atoms with Crippen LogP contribution in [0.4, 0.5) is 0 Å². The van der Waals surface area contributed by atoms with E-state index < -0.39 is 11.5 Å². The van der Waals surface area contributed by atoms with Crippen LogP contribution in [0.2, 0.25) is 10.0 Å². The standard InChI is InChI=1S/C20H12Cl2N4OS/c21-13-7-5-12(6-8-13)11-26-20(27)18(22)15(10-24-26)14(9-23)19-25-16-3-1-2-4-17(16)28-19/h1-8,10,14H,11H2. The summed E-state index contributed by atoms with van der Waals surface area (Å²) in [6.07, 6.45) is 1.47. The van der Waals surface area contributed by atoms with Gasteiger partial charge in [-0.15, -0.1) is 11.3 Å². The molecular formula is C20H12Cl2N4OS. The van der Waals surface area contributed by atoms with E-state index in [4.69, 9.17) is 23.2 Å². The highest BCUT2D eigenvalue weighted by atomic mass is 35.5. The van der Waals surface area contributed by atoms with Gasteiger partial charge in [-0.05, 0) is 29.8 Å². The van der Waals surface area contributed by atoms with Crippen LogP contribution < -0.4 is 5.56 Å². The summed E-state index contributed by atoms with van der Waals surface area (Å²) in [5.41, 5.74) is 1.59. The highest BCUT2D eigenvalue weighted by Crippen LogP contribution is 2.33. The number of halogens is 2. The van der Waals surface area contributed by atoms with Crippen molar-refractivity contribution >= 4 is 44.8 Å². The first-order valence-electron chi connectivity index (χ1n) is 8.32. The molecule has 4 aromatic rings. The van der Waals surface area contributed by atoms with E-state index in [2.05, 4.69) is 16.2 Å². The quantitative estimate of drug-likeness (QED) is 0.466. The Bertz CT molecular complexity index is 1220.